The molecule has 0 spiro atoms. The van der Waals surface area contributed by atoms with Crippen LogP contribution < -0.4 is 0 Å². The third-order valence-electron chi connectivity index (χ3n) is 3.26. The molecule has 0 aromatic heterocycles. The fraction of sp³-hybridized carbons (Fsp3) is 0.0588. The van der Waals surface area contributed by atoms with Crippen molar-refractivity contribution in [3.8, 4) is 0 Å². The molecule has 3 aromatic rings. The van der Waals surface area contributed by atoms with Gasteiger partial charge in [-0.15, -0.1) is 0 Å². The van der Waals surface area contributed by atoms with Crippen LogP contribution in [0.5, 0.6) is 0 Å². The first-order valence-corrected chi connectivity index (χ1v) is 6.48. The molecule has 0 atom stereocenters. The lowest BCUT2D eigenvalue weighted by Crippen LogP contribution is -1.85. The molecular formula is C17H13Cl. The molecule has 0 nitrogen and oxygen atoms in total. The van der Waals surface area contributed by atoms with Gasteiger partial charge in [-0.3, -0.25) is 0 Å². The highest BCUT2D eigenvalue weighted by Gasteiger charge is 2.01. The summed E-state index contributed by atoms with van der Waals surface area (Å²) in [7, 11) is 0. The summed E-state index contributed by atoms with van der Waals surface area (Å²) in [6.45, 7) is 0. The van der Waals surface area contributed by atoms with Crippen LogP contribution >= 0.6 is 11.6 Å². The number of benzene rings is 3. The average molecular weight is 253 g/mol. The van der Waals surface area contributed by atoms with Crippen LogP contribution in [0.3, 0.4) is 0 Å². The Hall–Kier alpha value is -1.79. The number of halogens is 1. The molecule has 3 rings (SSSR count). The van der Waals surface area contributed by atoms with E-state index in [1.54, 1.807) is 5.54 Å². The summed E-state index contributed by atoms with van der Waals surface area (Å²) in [6, 6.07) is 19.4. The Bertz CT molecular complexity index is 726. The van der Waals surface area contributed by atoms with Gasteiger partial charge in [0, 0.05) is 5.54 Å². The average Bonchev–Trinajstić information content (AvgIpc) is 2.43. The van der Waals surface area contributed by atoms with E-state index in [1.807, 2.05) is 6.08 Å². The second-order valence-corrected chi connectivity index (χ2v) is 4.66. The van der Waals surface area contributed by atoms with Crippen LogP contribution in [-0.2, 0) is 6.42 Å². The van der Waals surface area contributed by atoms with Gasteiger partial charge in [0.2, 0.25) is 0 Å². The van der Waals surface area contributed by atoms with Crippen molar-refractivity contribution in [2.45, 2.75) is 6.42 Å². The Kier molecular flexibility index (Phi) is 3.04. The lowest BCUT2D eigenvalue weighted by molar-refractivity contribution is 1.31. The highest BCUT2D eigenvalue weighted by Crippen LogP contribution is 2.25. The summed E-state index contributed by atoms with van der Waals surface area (Å²) >= 11 is 5.62. The van der Waals surface area contributed by atoms with Gasteiger partial charge in [-0.25, -0.2) is 0 Å². The largest absolute Gasteiger partial charge is 0.0933 e. The molecule has 0 fully saturated rings. The topological polar surface area (TPSA) is 0 Å². The van der Waals surface area contributed by atoms with E-state index in [2.05, 4.69) is 54.6 Å². The van der Waals surface area contributed by atoms with Crippen LogP contribution in [0.25, 0.3) is 21.5 Å². The Morgan fingerprint density at radius 1 is 0.833 bits per heavy atom. The SMILES string of the molecule is Cl/C=C/Cc1cccc2cc3ccccc3cc12. The quantitative estimate of drug-likeness (QED) is 0.544. The molecule has 0 unspecified atom stereocenters. The molecule has 3 aromatic carbocycles. The van der Waals surface area contributed by atoms with Gasteiger partial charge in [0.05, 0.1) is 0 Å². The van der Waals surface area contributed by atoms with E-state index in [1.165, 1.54) is 27.1 Å². The smallest absolute Gasteiger partial charge is 0.000580 e. The van der Waals surface area contributed by atoms with Crippen molar-refractivity contribution in [1.29, 1.82) is 0 Å². The first kappa shape index (κ1) is 11.3. The van der Waals surface area contributed by atoms with Gasteiger partial charge in [-0.1, -0.05) is 60.1 Å². The van der Waals surface area contributed by atoms with E-state index in [0.29, 0.717) is 0 Å². The van der Waals surface area contributed by atoms with Gasteiger partial charge < -0.3 is 0 Å². The lowest BCUT2D eigenvalue weighted by Gasteiger charge is -2.06. The van der Waals surface area contributed by atoms with Crippen molar-refractivity contribution in [3.63, 3.8) is 0 Å². The predicted molar refractivity (Wildman–Crippen MR) is 80.2 cm³/mol. The number of rotatable bonds is 2. The molecule has 0 heterocycles. The zero-order valence-electron chi connectivity index (χ0n) is 9.94. The van der Waals surface area contributed by atoms with E-state index < -0.39 is 0 Å². The summed E-state index contributed by atoms with van der Waals surface area (Å²) in [5.74, 6) is 0. The fourth-order valence-corrected chi connectivity index (χ4v) is 2.47. The van der Waals surface area contributed by atoms with E-state index in [9.17, 15) is 0 Å². The number of allylic oxidation sites excluding steroid dienone is 1. The Balaban J connectivity index is 2.29. The van der Waals surface area contributed by atoms with E-state index in [-0.39, 0.29) is 0 Å². The Labute approximate surface area is 112 Å². The van der Waals surface area contributed by atoms with Gasteiger partial charge in [0.25, 0.3) is 0 Å². The third-order valence-corrected chi connectivity index (χ3v) is 3.44. The van der Waals surface area contributed by atoms with E-state index in [0.717, 1.165) is 6.42 Å². The highest BCUT2D eigenvalue weighted by atomic mass is 35.5. The minimum absolute atomic E-state index is 0.874. The molecule has 1 heteroatoms. The summed E-state index contributed by atoms with van der Waals surface area (Å²) in [5, 5.41) is 5.17. The number of hydrogen-bond donors (Lipinski definition) is 0. The zero-order chi connectivity index (χ0) is 12.4. The maximum absolute atomic E-state index is 5.62. The van der Waals surface area contributed by atoms with Crippen molar-refractivity contribution >= 4 is 33.1 Å². The van der Waals surface area contributed by atoms with Crippen LogP contribution in [0.1, 0.15) is 5.56 Å². The zero-order valence-corrected chi connectivity index (χ0v) is 10.7. The molecular weight excluding hydrogens is 240 g/mol. The summed E-state index contributed by atoms with van der Waals surface area (Å²) in [6.07, 6.45) is 2.85. The highest BCUT2D eigenvalue weighted by molar-refractivity contribution is 6.25. The molecule has 0 N–H and O–H groups in total. The van der Waals surface area contributed by atoms with Crippen molar-refractivity contribution in [2.75, 3.05) is 0 Å². The molecule has 0 amide bonds. The molecule has 0 aliphatic rings. The van der Waals surface area contributed by atoms with Crippen LogP contribution in [0.2, 0.25) is 0 Å². The van der Waals surface area contributed by atoms with Gasteiger partial charge in [-0.2, -0.15) is 0 Å². The van der Waals surface area contributed by atoms with Crippen molar-refractivity contribution in [2.24, 2.45) is 0 Å². The predicted octanol–water partition coefficient (Wildman–Crippen LogP) is 5.29. The van der Waals surface area contributed by atoms with Crippen LogP contribution in [0, 0.1) is 0 Å². The molecule has 88 valence electrons. The van der Waals surface area contributed by atoms with Crippen LogP contribution in [0.4, 0.5) is 0 Å². The standard InChI is InChI=1S/C17H13Cl/c18-10-4-9-13-7-3-8-16-11-14-5-1-2-6-15(14)12-17(13)16/h1-8,10-12H,9H2/b10-4+. The van der Waals surface area contributed by atoms with Crippen LogP contribution in [0.15, 0.2) is 66.2 Å². The van der Waals surface area contributed by atoms with E-state index >= 15 is 0 Å². The van der Waals surface area contributed by atoms with Gasteiger partial charge in [-0.05, 0) is 45.7 Å². The summed E-state index contributed by atoms with van der Waals surface area (Å²) in [4.78, 5) is 0. The van der Waals surface area contributed by atoms with E-state index in [4.69, 9.17) is 11.6 Å². The molecule has 0 radical (unpaired) electrons. The minimum Gasteiger partial charge on any atom is -0.0933 e. The van der Waals surface area contributed by atoms with Crippen molar-refractivity contribution < 1.29 is 0 Å². The summed E-state index contributed by atoms with van der Waals surface area (Å²) in [5.41, 5.74) is 2.90. The second-order valence-electron chi connectivity index (χ2n) is 4.40. The maximum Gasteiger partial charge on any atom is 0.000580 e. The fourth-order valence-electron chi connectivity index (χ4n) is 2.38. The molecule has 0 aliphatic carbocycles. The number of hydrogen-bond acceptors (Lipinski definition) is 0. The lowest BCUT2D eigenvalue weighted by atomic mass is 9.98. The number of fused-ring (bicyclic) bond motifs is 2. The molecule has 0 saturated heterocycles. The second kappa shape index (κ2) is 4.83. The molecule has 0 saturated carbocycles. The first-order valence-electron chi connectivity index (χ1n) is 6.04. The normalized spacial score (nSPS) is 11.6. The van der Waals surface area contributed by atoms with Gasteiger partial charge >= 0.3 is 0 Å². The third kappa shape index (κ3) is 2.00. The van der Waals surface area contributed by atoms with Gasteiger partial charge in [0.15, 0.2) is 0 Å². The monoisotopic (exact) mass is 252 g/mol. The maximum atomic E-state index is 5.62. The van der Waals surface area contributed by atoms with Crippen LogP contribution in [-0.4, -0.2) is 0 Å². The Morgan fingerprint density at radius 3 is 2.33 bits per heavy atom. The molecule has 0 bridgehead atoms. The molecule has 0 aliphatic heterocycles. The van der Waals surface area contributed by atoms with Crippen molar-refractivity contribution in [1.82, 2.24) is 0 Å². The summed E-state index contributed by atoms with van der Waals surface area (Å²) < 4.78 is 0. The van der Waals surface area contributed by atoms with Crippen molar-refractivity contribution in [3.05, 3.63) is 71.8 Å². The Morgan fingerprint density at radius 2 is 1.56 bits per heavy atom. The minimum atomic E-state index is 0.874. The van der Waals surface area contributed by atoms with Gasteiger partial charge in [0.1, 0.15) is 0 Å². The first-order chi connectivity index (χ1) is 8.88. The molecule has 18 heavy (non-hydrogen) atoms.